The second kappa shape index (κ2) is 9.32. The molecular weight excluding hydrogens is 457 g/mol. The summed E-state index contributed by atoms with van der Waals surface area (Å²) < 4.78 is 42.9. The van der Waals surface area contributed by atoms with Crippen LogP contribution in [0.2, 0.25) is 0 Å². The van der Waals surface area contributed by atoms with Crippen LogP contribution in [0.1, 0.15) is 32.9 Å². The third-order valence-corrected chi connectivity index (χ3v) is 6.76. The highest BCUT2D eigenvalue weighted by atomic mass is 32.2. The van der Waals surface area contributed by atoms with Crippen LogP contribution in [0.25, 0.3) is 11.0 Å². The van der Waals surface area contributed by atoms with Gasteiger partial charge in [-0.3, -0.25) is 9.48 Å². The van der Waals surface area contributed by atoms with Gasteiger partial charge in [-0.15, -0.1) is 0 Å². The largest absolute Gasteiger partial charge is 0.348 e. The number of halogens is 1. The van der Waals surface area contributed by atoms with Crippen LogP contribution in [0.15, 0.2) is 59.5 Å². The van der Waals surface area contributed by atoms with Crippen LogP contribution in [-0.2, 0) is 30.2 Å². The van der Waals surface area contributed by atoms with Crippen molar-refractivity contribution in [3.63, 3.8) is 0 Å². The standard InChI is InChI=1S/C24H24FN5O3S/c1-15-10-21(22-16(2)29-30(3)23(22)28-15)24(31)26-13-18-7-5-9-20(12-18)34(32,33)27-14-17-6-4-8-19(25)11-17/h4-12,27H,13-14H2,1-3H3,(H,26,31). The Balaban J connectivity index is 1.49. The molecule has 0 bridgehead atoms. The topological polar surface area (TPSA) is 106 Å². The highest BCUT2D eigenvalue weighted by Crippen LogP contribution is 2.22. The molecule has 0 aliphatic rings. The lowest BCUT2D eigenvalue weighted by Gasteiger charge is -2.10. The fourth-order valence-electron chi connectivity index (χ4n) is 3.76. The smallest absolute Gasteiger partial charge is 0.252 e. The number of aryl methyl sites for hydroxylation is 3. The van der Waals surface area contributed by atoms with Crippen molar-refractivity contribution in [2.45, 2.75) is 31.8 Å². The molecule has 2 aromatic carbocycles. The molecule has 0 saturated carbocycles. The average Bonchev–Trinajstić information content (AvgIpc) is 3.09. The summed E-state index contributed by atoms with van der Waals surface area (Å²) in [5.41, 5.74) is 3.61. The van der Waals surface area contributed by atoms with E-state index < -0.39 is 15.8 Å². The Morgan fingerprint density at radius 2 is 1.74 bits per heavy atom. The minimum absolute atomic E-state index is 0.0388. The van der Waals surface area contributed by atoms with Crippen molar-refractivity contribution in [1.29, 1.82) is 0 Å². The average molecular weight is 482 g/mol. The van der Waals surface area contributed by atoms with Crippen molar-refractivity contribution in [1.82, 2.24) is 24.8 Å². The van der Waals surface area contributed by atoms with Crippen LogP contribution in [0, 0.1) is 19.7 Å². The minimum atomic E-state index is -3.83. The first-order valence-corrected chi connectivity index (χ1v) is 12.0. The van der Waals surface area contributed by atoms with Gasteiger partial charge in [-0.25, -0.2) is 22.5 Å². The summed E-state index contributed by atoms with van der Waals surface area (Å²) in [7, 11) is -2.05. The monoisotopic (exact) mass is 481 g/mol. The maximum absolute atomic E-state index is 13.3. The predicted octanol–water partition coefficient (Wildman–Crippen LogP) is 3.13. The molecule has 176 valence electrons. The van der Waals surface area contributed by atoms with E-state index in [1.165, 1.54) is 30.3 Å². The number of hydrogen-bond donors (Lipinski definition) is 2. The summed E-state index contributed by atoms with van der Waals surface area (Å²) in [5, 5.41) is 7.89. The zero-order chi connectivity index (χ0) is 24.5. The number of amides is 1. The number of fused-ring (bicyclic) bond motifs is 1. The van der Waals surface area contributed by atoms with E-state index in [2.05, 4.69) is 20.1 Å². The van der Waals surface area contributed by atoms with Gasteiger partial charge in [0.05, 0.1) is 21.5 Å². The zero-order valence-electron chi connectivity index (χ0n) is 19.0. The van der Waals surface area contributed by atoms with Gasteiger partial charge < -0.3 is 5.32 Å². The van der Waals surface area contributed by atoms with Gasteiger partial charge >= 0.3 is 0 Å². The van der Waals surface area contributed by atoms with Crippen molar-refractivity contribution in [3.05, 3.63) is 88.5 Å². The normalized spacial score (nSPS) is 11.6. The quantitative estimate of drug-likeness (QED) is 0.422. The molecule has 4 rings (SSSR count). The first kappa shape index (κ1) is 23.5. The molecule has 2 N–H and O–H groups in total. The van der Waals surface area contributed by atoms with Gasteiger partial charge in [0, 0.05) is 25.8 Å². The summed E-state index contributed by atoms with van der Waals surface area (Å²) in [4.78, 5) is 17.5. The SMILES string of the molecule is Cc1cc(C(=O)NCc2cccc(S(=O)(=O)NCc3cccc(F)c3)c2)c2c(C)nn(C)c2n1. The lowest BCUT2D eigenvalue weighted by atomic mass is 10.1. The number of carbonyl (C=O) groups is 1. The number of aromatic nitrogens is 3. The Morgan fingerprint density at radius 3 is 2.47 bits per heavy atom. The molecule has 0 atom stereocenters. The molecule has 2 heterocycles. The summed E-state index contributed by atoms with van der Waals surface area (Å²) in [6, 6.07) is 13.7. The van der Waals surface area contributed by atoms with E-state index >= 15 is 0 Å². The van der Waals surface area contributed by atoms with E-state index in [4.69, 9.17) is 0 Å². The highest BCUT2D eigenvalue weighted by molar-refractivity contribution is 7.89. The number of sulfonamides is 1. The fraction of sp³-hybridized carbons (Fsp3) is 0.208. The third kappa shape index (κ3) is 4.97. The van der Waals surface area contributed by atoms with Crippen LogP contribution >= 0.6 is 0 Å². The molecular formula is C24H24FN5O3S. The summed E-state index contributed by atoms with van der Waals surface area (Å²) >= 11 is 0. The van der Waals surface area contributed by atoms with Crippen molar-refractivity contribution in [2.24, 2.45) is 7.05 Å². The van der Waals surface area contributed by atoms with Gasteiger partial charge in [-0.2, -0.15) is 5.10 Å². The molecule has 2 aromatic heterocycles. The number of benzene rings is 2. The fourth-order valence-corrected chi connectivity index (χ4v) is 4.85. The van der Waals surface area contributed by atoms with E-state index in [0.717, 1.165) is 0 Å². The van der Waals surface area contributed by atoms with Gasteiger partial charge in [0.25, 0.3) is 5.91 Å². The lowest BCUT2D eigenvalue weighted by Crippen LogP contribution is -2.25. The molecule has 0 aliphatic carbocycles. The summed E-state index contributed by atoms with van der Waals surface area (Å²) in [5.74, 6) is -0.735. The van der Waals surface area contributed by atoms with Crippen molar-refractivity contribution < 1.29 is 17.6 Å². The van der Waals surface area contributed by atoms with Crippen LogP contribution in [-0.4, -0.2) is 29.1 Å². The maximum atomic E-state index is 13.3. The van der Waals surface area contributed by atoms with E-state index in [9.17, 15) is 17.6 Å². The molecule has 4 aromatic rings. The third-order valence-electron chi connectivity index (χ3n) is 5.36. The second-order valence-corrected chi connectivity index (χ2v) is 9.77. The van der Waals surface area contributed by atoms with Crippen molar-refractivity contribution >= 4 is 27.0 Å². The molecule has 10 heteroatoms. The molecule has 8 nitrogen and oxygen atoms in total. The molecule has 0 spiro atoms. The molecule has 0 aliphatic heterocycles. The van der Waals surface area contributed by atoms with Gasteiger partial charge in [0.2, 0.25) is 10.0 Å². The number of carbonyl (C=O) groups excluding carboxylic acids is 1. The Hall–Kier alpha value is -3.63. The lowest BCUT2D eigenvalue weighted by molar-refractivity contribution is 0.0952. The molecule has 0 saturated heterocycles. The molecule has 0 unspecified atom stereocenters. The molecule has 0 fully saturated rings. The van der Waals surface area contributed by atoms with Crippen LogP contribution < -0.4 is 10.0 Å². The molecule has 1 amide bonds. The van der Waals surface area contributed by atoms with Gasteiger partial charge in [-0.1, -0.05) is 24.3 Å². The number of nitrogens with zero attached hydrogens (tertiary/aromatic N) is 3. The Bertz CT molecular complexity index is 1500. The number of rotatable bonds is 7. The minimum Gasteiger partial charge on any atom is -0.348 e. The summed E-state index contributed by atoms with van der Waals surface area (Å²) in [6.45, 7) is 3.72. The predicted molar refractivity (Wildman–Crippen MR) is 126 cm³/mol. The first-order valence-electron chi connectivity index (χ1n) is 10.6. The Kier molecular flexibility index (Phi) is 6.45. The summed E-state index contributed by atoms with van der Waals surface area (Å²) in [6.07, 6.45) is 0. The van der Waals surface area contributed by atoms with Crippen molar-refractivity contribution in [2.75, 3.05) is 0 Å². The molecule has 0 radical (unpaired) electrons. The Morgan fingerprint density at radius 1 is 1.03 bits per heavy atom. The van der Waals surface area contributed by atoms with Crippen molar-refractivity contribution in [3.8, 4) is 0 Å². The van der Waals surface area contributed by atoms with Crippen LogP contribution in [0.3, 0.4) is 0 Å². The van der Waals surface area contributed by atoms with Gasteiger partial charge in [0.1, 0.15) is 5.82 Å². The number of nitrogens with one attached hydrogen (secondary N) is 2. The Labute approximate surface area is 196 Å². The van der Waals surface area contributed by atoms with E-state index in [0.29, 0.717) is 39.1 Å². The van der Waals surface area contributed by atoms with Crippen LogP contribution in [0.4, 0.5) is 4.39 Å². The van der Waals surface area contributed by atoms with Gasteiger partial charge in [-0.05, 0) is 55.3 Å². The van der Waals surface area contributed by atoms with E-state index in [1.54, 1.807) is 36.0 Å². The second-order valence-electron chi connectivity index (χ2n) is 8.00. The van der Waals surface area contributed by atoms with Gasteiger partial charge in [0.15, 0.2) is 5.65 Å². The highest BCUT2D eigenvalue weighted by Gasteiger charge is 2.18. The maximum Gasteiger partial charge on any atom is 0.252 e. The number of pyridine rings is 1. The van der Waals surface area contributed by atoms with Crippen LogP contribution in [0.5, 0.6) is 0 Å². The molecule has 34 heavy (non-hydrogen) atoms. The van der Waals surface area contributed by atoms with E-state index in [1.807, 2.05) is 13.8 Å². The van der Waals surface area contributed by atoms with E-state index in [-0.39, 0.29) is 23.9 Å². The first-order chi connectivity index (χ1) is 16.1. The number of hydrogen-bond acceptors (Lipinski definition) is 5. The zero-order valence-corrected chi connectivity index (χ0v) is 19.8.